The van der Waals surface area contributed by atoms with Gasteiger partial charge in [0.05, 0.1) is 10.6 Å². The van der Waals surface area contributed by atoms with Gasteiger partial charge in [0, 0.05) is 50.5 Å². The summed E-state index contributed by atoms with van der Waals surface area (Å²) in [6.07, 6.45) is 0.115. The Morgan fingerprint density at radius 1 is 1.10 bits per heavy atom. The first-order valence-corrected chi connectivity index (χ1v) is 10.3. The zero-order chi connectivity index (χ0) is 21.7. The van der Waals surface area contributed by atoms with Crippen LogP contribution in [0.25, 0.3) is 0 Å². The summed E-state index contributed by atoms with van der Waals surface area (Å²) in [5.41, 5.74) is 3.19. The van der Waals surface area contributed by atoms with Gasteiger partial charge in [-0.2, -0.15) is 0 Å². The van der Waals surface area contributed by atoms with Crippen molar-refractivity contribution in [3.8, 4) is 0 Å². The van der Waals surface area contributed by atoms with Crippen LogP contribution in [0.5, 0.6) is 0 Å². The summed E-state index contributed by atoms with van der Waals surface area (Å²) in [7, 11) is 2.12. The number of anilines is 2. The molecule has 8 heteroatoms. The molecule has 0 aromatic heterocycles. The maximum absolute atomic E-state index is 13.1. The number of nitrogens with zero attached hydrogens (tertiary/aromatic N) is 2. The number of nitrogens with one attached hydrogen (secondary N) is 2. The van der Waals surface area contributed by atoms with Gasteiger partial charge in [-0.3, -0.25) is 9.59 Å². The van der Waals surface area contributed by atoms with Crippen molar-refractivity contribution in [1.82, 2.24) is 10.2 Å². The third kappa shape index (κ3) is 5.70. The topological polar surface area (TPSA) is 64.7 Å². The lowest BCUT2D eigenvalue weighted by Gasteiger charge is -2.35. The monoisotopic (exact) mass is 432 g/mol. The van der Waals surface area contributed by atoms with Crippen LogP contribution in [0.3, 0.4) is 0 Å². The fraction of sp³-hybridized carbons (Fsp3) is 0.364. The number of benzene rings is 2. The number of rotatable bonds is 6. The maximum Gasteiger partial charge on any atom is 0.252 e. The molecule has 2 aromatic rings. The van der Waals surface area contributed by atoms with Crippen LogP contribution < -0.4 is 15.5 Å². The summed E-state index contributed by atoms with van der Waals surface area (Å²) >= 11 is 5.88. The fourth-order valence-electron chi connectivity index (χ4n) is 3.42. The molecule has 1 heterocycles. The van der Waals surface area contributed by atoms with Crippen LogP contribution in [0.2, 0.25) is 5.02 Å². The number of halogens is 2. The molecule has 30 heavy (non-hydrogen) atoms. The highest BCUT2D eigenvalue weighted by molar-refractivity contribution is 6.33. The average Bonchev–Trinajstić information content (AvgIpc) is 2.69. The number of carbonyl (C=O) groups is 2. The van der Waals surface area contributed by atoms with E-state index in [0.29, 0.717) is 0 Å². The first-order valence-electron chi connectivity index (χ1n) is 9.91. The van der Waals surface area contributed by atoms with Crippen LogP contribution in [0.4, 0.5) is 15.8 Å². The zero-order valence-electron chi connectivity index (χ0n) is 17.2. The standard InChI is InChI=1S/C22H26ClFN4O2/c1-15-13-17(4-6-20(15)28-11-9-27(2)10-12-28)26-21(29)7-8-25-22(30)18-5-3-16(24)14-19(18)23/h3-6,13-14H,7-12H2,1-2H3,(H,25,30)(H,26,29). The van der Waals surface area contributed by atoms with E-state index in [1.807, 2.05) is 25.1 Å². The van der Waals surface area contributed by atoms with Crippen LogP contribution in [0, 0.1) is 12.7 Å². The minimum absolute atomic E-state index is 0.0351. The van der Waals surface area contributed by atoms with Crippen molar-refractivity contribution in [2.24, 2.45) is 0 Å². The van der Waals surface area contributed by atoms with Gasteiger partial charge in [0.2, 0.25) is 5.91 Å². The molecule has 0 radical (unpaired) electrons. The van der Waals surface area contributed by atoms with E-state index in [2.05, 4.69) is 27.5 Å². The van der Waals surface area contributed by atoms with Crippen molar-refractivity contribution in [3.05, 3.63) is 58.4 Å². The maximum atomic E-state index is 13.1. The highest BCUT2D eigenvalue weighted by Crippen LogP contribution is 2.24. The van der Waals surface area contributed by atoms with Crippen LogP contribution in [0.1, 0.15) is 22.3 Å². The Morgan fingerprint density at radius 2 is 1.83 bits per heavy atom. The largest absolute Gasteiger partial charge is 0.369 e. The SMILES string of the molecule is Cc1cc(NC(=O)CCNC(=O)c2ccc(F)cc2Cl)ccc1N1CCN(C)CC1. The summed E-state index contributed by atoms with van der Waals surface area (Å²) in [4.78, 5) is 29.0. The van der Waals surface area contributed by atoms with Gasteiger partial charge in [-0.1, -0.05) is 11.6 Å². The van der Waals surface area contributed by atoms with Gasteiger partial charge in [0.25, 0.3) is 5.91 Å². The molecule has 1 saturated heterocycles. The minimum atomic E-state index is -0.509. The molecular formula is C22H26ClFN4O2. The first-order chi connectivity index (χ1) is 14.3. The molecule has 0 bridgehead atoms. The Balaban J connectivity index is 1.49. The Labute approximate surface area is 181 Å². The zero-order valence-corrected chi connectivity index (χ0v) is 17.9. The molecule has 0 aliphatic carbocycles. The van der Waals surface area contributed by atoms with Crippen molar-refractivity contribution in [1.29, 1.82) is 0 Å². The Hall–Kier alpha value is -2.64. The van der Waals surface area contributed by atoms with Crippen LogP contribution >= 0.6 is 11.6 Å². The number of hydrogen-bond donors (Lipinski definition) is 2. The smallest absolute Gasteiger partial charge is 0.252 e. The Morgan fingerprint density at radius 3 is 2.50 bits per heavy atom. The van der Waals surface area contributed by atoms with Crippen molar-refractivity contribution in [2.75, 3.05) is 50.0 Å². The molecule has 0 saturated carbocycles. The summed E-state index contributed by atoms with van der Waals surface area (Å²) in [6.45, 7) is 6.23. The molecule has 0 spiro atoms. The van der Waals surface area contributed by atoms with Crippen LogP contribution in [-0.4, -0.2) is 56.5 Å². The van der Waals surface area contributed by atoms with Gasteiger partial charge >= 0.3 is 0 Å². The van der Waals surface area contributed by atoms with E-state index in [1.165, 1.54) is 17.8 Å². The molecule has 0 atom stereocenters. The molecule has 2 N–H and O–H groups in total. The second-order valence-corrected chi connectivity index (χ2v) is 7.88. The Kier molecular flexibility index (Phi) is 7.29. The van der Waals surface area contributed by atoms with E-state index < -0.39 is 11.7 Å². The van der Waals surface area contributed by atoms with Gasteiger partial charge in [-0.25, -0.2) is 4.39 Å². The second kappa shape index (κ2) is 9.91. The van der Waals surface area contributed by atoms with Gasteiger partial charge in [0.1, 0.15) is 5.82 Å². The quantitative estimate of drug-likeness (QED) is 0.735. The number of hydrogen-bond acceptors (Lipinski definition) is 4. The molecule has 2 amide bonds. The van der Waals surface area contributed by atoms with E-state index in [0.717, 1.165) is 43.5 Å². The lowest BCUT2D eigenvalue weighted by molar-refractivity contribution is -0.116. The van der Waals surface area contributed by atoms with E-state index in [1.54, 1.807) is 0 Å². The second-order valence-electron chi connectivity index (χ2n) is 7.47. The predicted molar refractivity (Wildman–Crippen MR) is 118 cm³/mol. The highest BCUT2D eigenvalue weighted by atomic mass is 35.5. The van der Waals surface area contributed by atoms with Gasteiger partial charge < -0.3 is 20.4 Å². The van der Waals surface area contributed by atoms with Gasteiger partial charge in [-0.15, -0.1) is 0 Å². The number of likely N-dealkylation sites (N-methyl/N-ethyl adjacent to an activating group) is 1. The number of aryl methyl sites for hydroxylation is 1. The van der Waals surface area contributed by atoms with Crippen molar-refractivity contribution < 1.29 is 14.0 Å². The molecular weight excluding hydrogens is 407 g/mol. The van der Waals surface area contributed by atoms with Gasteiger partial charge in [-0.05, 0) is 55.9 Å². The summed E-state index contributed by atoms with van der Waals surface area (Å²) in [5, 5.41) is 5.52. The lowest BCUT2D eigenvalue weighted by Crippen LogP contribution is -2.44. The molecule has 1 aliphatic heterocycles. The van der Waals surface area contributed by atoms with Crippen molar-refractivity contribution >= 4 is 34.8 Å². The highest BCUT2D eigenvalue weighted by Gasteiger charge is 2.16. The summed E-state index contributed by atoms with van der Waals surface area (Å²) < 4.78 is 13.1. The van der Waals surface area contributed by atoms with Crippen molar-refractivity contribution in [2.45, 2.75) is 13.3 Å². The van der Waals surface area contributed by atoms with E-state index >= 15 is 0 Å². The van der Waals surface area contributed by atoms with Gasteiger partial charge in [0.15, 0.2) is 0 Å². The lowest BCUT2D eigenvalue weighted by atomic mass is 10.1. The third-order valence-corrected chi connectivity index (χ3v) is 5.45. The Bertz CT molecular complexity index is 929. The molecule has 3 rings (SSSR count). The van der Waals surface area contributed by atoms with E-state index in [9.17, 15) is 14.0 Å². The summed E-state index contributed by atoms with van der Waals surface area (Å²) in [6, 6.07) is 9.46. The molecule has 1 aliphatic rings. The predicted octanol–water partition coefficient (Wildman–Crippen LogP) is 3.30. The molecule has 160 valence electrons. The molecule has 1 fully saturated rings. The number of amides is 2. The number of piperazine rings is 1. The minimum Gasteiger partial charge on any atom is -0.369 e. The van der Waals surface area contributed by atoms with Crippen LogP contribution in [-0.2, 0) is 4.79 Å². The average molecular weight is 433 g/mol. The first kappa shape index (κ1) is 22.1. The van der Waals surface area contributed by atoms with Crippen LogP contribution in [0.15, 0.2) is 36.4 Å². The number of carbonyl (C=O) groups excluding carboxylic acids is 2. The fourth-order valence-corrected chi connectivity index (χ4v) is 3.67. The summed E-state index contributed by atoms with van der Waals surface area (Å²) in [5.74, 6) is -1.16. The van der Waals surface area contributed by atoms with Crippen molar-refractivity contribution in [3.63, 3.8) is 0 Å². The molecule has 2 aromatic carbocycles. The molecule has 6 nitrogen and oxygen atoms in total. The third-order valence-electron chi connectivity index (χ3n) is 5.14. The normalized spacial score (nSPS) is 14.5. The van der Waals surface area contributed by atoms with E-state index in [-0.39, 0.29) is 29.5 Å². The molecule has 0 unspecified atom stereocenters. The van der Waals surface area contributed by atoms with E-state index in [4.69, 9.17) is 11.6 Å².